The molecule has 0 aliphatic heterocycles. The van der Waals surface area contributed by atoms with E-state index in [2.05, 4.69) is 21.9 Å². The molecule has 0 unspecified atom stereocenters. The van der Waals surface area contributed by atoms with Gasteiger partial charge in [-0.05, 0) is 37.6 Å². The number of aryl methyl sites for hydroxylation is 1. The van der Waals surface area contributed by atoms with Crippen LogP contribution in [0.5, 0.6) is 0 Å². The van der Waals surface area contributed by atoms with Gasteiger partial charge in [0.2, 0.25) is 0 Å². The van der Waals surface area contributed by atoms with Crippen LogP contribution in [-0.4, -0.2) is 45.0 Å². The number of carboxylic acid groups (broad SMARTS) is 1. The monoisotopic (exact) mass is 370 g/mol. The average Bonchev–Trinajstić information content (AvgIpc) is 3.15. The Balaban J connectivity index is 1.84. The standard InChI is InChI=1S/C19H22N4O4/c1-12-13(2)23(8-9-27-3)16-5-4-14(10-15(12)16)19(26)20-17-6-7-22(21-17)11-18(24)25/h4-7,10H,8-9,11H2,1-3H3,(H,24,25)(H,20,21,26). The second kappa shape index (κ2) is 7.63. The number of anilines is 1. The zero-order valence-electron chi connectivity index (χ0n) is 15.5. The van der Waals surface area contributed by atoms with Crippen molar-refractivity contribution < 1.29 is 19.4 Å². The first-order chi connectivity index (χ1) is 12.9. The summed E-state index contributed by atoms with van der Waals surface area (Å²) in [6.45, 7) is 5.20. The summed E-state index contributed by atoms with van der Waals surface area (Å²) >= 11 is 0. The van der Waals surface area contributed by atoms with E-state index in [4.69, 9.17) is 9.84 Å². The van der Waals surface area contributed by atoms with Gasteiger partial charge in [0.1, 0.15) is 6.54 Å². The molecule has 1 aromatic carbocycles. The molecule has 0 aliphatic rings. The zero-order valence-corrected chi connectivity index (χ0v) is 15.5. The number of fused-ring (bicyclic) bond motifs is 1. The Morgan fingerprint density at radius 3 is 2.74 bits per heavy atom. The SMILES string of the molecule is COCCn1c(C)c(C)c2cc(C(=O)Nc3ccn(CC(=O)O)n3)ccc21. The van der Waals surface area contributed by atoms with Crippen molar-refractivity contribution in [3.63, 3.8) is 0 Å². The minimum atomic E-state index is -0.995. The molecule has 2 heterocycles. The van der Waals surface area contributed by atoms with E-state index in [1.165, 1.54) is 10.9 Å². The second-order valence-electron chi connectivity index (χ2n) is 6.33. The number of aromatic nitrogens is 3. The molecule has 0 atom stereocenters. The molecule has 27 heavy (non-hydrogen) atoms. The molecule has 142 valence electrons. The number of hydrogen-bond donors (Lipinski definition) is 2. The van der Waals surface area contributed by atoms with E-state index in [0.29, 0.717) is 18.0 Å². The fraction of sp³-hybridized carbons (Fsp3) is 0.316. The molecular weight excluding hydrogens is 348 g/mol. The number of carboxylic acids is 1. The van der Waals surface area contributed by atoms with Gasteiger partial charge in [-0.2, -0.15) is 5.10 Å². The molecule has 8 heteroatoms. The molecule has 0 aliphatic carbocycles. The van der Waals surface area contributed by atoms with E-state index in [1.54, 1.807) is 19.2 Å². The number of hydrogen-bond acceptors (Lipinski definition) is 4. The van der Waals surface area contributed by atoms with Crippen molar-refractivity contribution in [1.82, 2.24) is 14.3 Å². The third-order valence-electron chi connectivity index (χ3n) is 4.60. The first kappa shape index (κ1) is 18.7. The third-order valence-corrected chi connectivity index (χ3v) is 4.60. The van der Waals surface area contributed by atoms with E-state index in [-0.39, 0.29) is 12.5 Å². The lowest BCUT2D eigenvalue weighted by atomic mass is 10.1. The van der Waals surface area contributed by atoms with Gasteiger partial charge in [-0.1, -0.05) is 0 Å². The van der Waals surface area contributed by atoms with Gasteiger partial charge in [0.05, 0.1) is 6.61 Å². The molecule has 2 aromatic heterocycles. The lowest BCUT2D eigenvalue weighted by molar-refractivity contribution is -0.137. The van der Waals surface area contributed by atoms with E-state index < -0.39 is 5.97 Å². The molecule has 3 aromatic rings. The van der Waals surface area contributed by atoms with Gasteiger partial charge in [-0.15, -0.1) is 0 Å². The molecule has 0 saturated heterocycles. The third kappa shape index (κ3) is 3.85. The quantitative estimate of drug-likeness (QED) is 0.666. The maximum Gasteiger partial charge on any atom is 0.325 e. The summed E-state index contributed by atoms with van der Waals surface area (Å²) in [4.78, 5) is 23.3. The van der Waals surface area contributed by atoms with Crippen molar-refractivity contribution in [2.75, 3.05) is 19.0 Å². The number of nitrogens with zero attached hydrogens (tertiary/aromatic N) is 3. The molecule has 8 nitrogen and oxygen atoms in total. The van der Waals surface area contributed by atoms with Crippen LogP contribution in [-0.2, 0) is 22.6 Å². The summed E-state index contributed by atoms with van der Waals surface area (Å²) < 4.78 is 8.62. The summed E-state index contributed by atoms with van der Waals surface area (Å²) in [5, 5.41) is 16.5. The number of rotatable bonds is 7. The Morgan fingerprint density at radius 2 is 2.04 bits per heavy atom. The topological polar surface area (TPSA) is 98.4 Å². The van der Waals surface area contributed by atoms with Crippen LogP contribution < -0.4 is 5.32 Å². The van der Waals surface area contributed by atoms with Gasteiger partial charge in [-0.3, -0.25) is 14.3 Å². The lowest BCUT2D eigenvalue weighted by Crippen LogP contribution is -2.14. The Kier molecular flexibility index (Phi) is 5.27. The maximum atomic E-state index is 12.6. The van der Waals surface area contributed by atoms with Gasteiger partial charge in [0, 0.05) is 48.1 Å². The highest BCUT2D eigenvalue weighted by Crippen LogP contribution is 2.26. The minimum absolute atomic E-state index is 0.255. The fourth-order valence-corrected chi connectivity index (χ4v) is 3.11. The van der Waals surface area contributed by atoms with E-state index in [1.807, 2.05) is 19.1 Å². The summed E-state index contributed by atoms with van der Waals surface area (Å²) in [7, 11) is 1.67. The van der Waals surface area contributed by atoms with Crippen LogP contribution in [0.25, 0.3) is 10.9 Å². The summed E-state index contributed by atoms with van der Waals surface area (Å²) in [6.07, 6.45) is 1.51. The number of benzene rings is 1. The Hall–Kier alpha value is -3.13. The van der Waals surface area contributed by atoms with Crippen molar-refractivity contribution in [3.05, 3.63) is 47.3 Å². The summed E-state index contributed by atoms with van der Waals surface area (Å²) in [5.74, 6) is -0.976. The molecule has 0 bridgehead atoms. The predicted molar refractivity (Wildman–Crippen MR) is 101 cm³/mol. The number of nitrogens with one attached hydrogen (secondary N) is 1. The van der Waals surface area contributed by atoms with Crippen LogP contribution in [0.4, 0.5) is 5.82 Å². The number of carbonyl (C=O) groups is 2. The second-order valence-corrected chi connectivity index (χ2v) is 6.33. The number of carbonyl (C=O) groups excluding carboxylic acids is 1. The highest BCUT2D eigenvalue weighted by atomic mass is 16.5. The number of amides is 1. The van der Waals surface area contributed by atoms with E-state index in [0.717, 1.165) is 28.7 Å². The van der Waals surface area contributed by atoms with Gasteiger partial charge in [0.15, 0.2) is 5.82 Å². The number of aliphatic carboxylic acids is 1. The molecular formula is C19H22N4O4. The first-order valence-corrected chi connectivity index (χ1v) is 8.55. The van der Waals surface area contributed by atoms with Gasteiger partial charge < -0.3 is 19.7 Å². The molecule has 0 spiro atoms. The van der Waals surface area contributed by atoms with Crippen molar-refractivity contribution in [2.45, 2.75) is 26.9 Å². The number of ether oxygens (including phenoxy) is 1. The average molecular weight is 370 g/mol. The maximum absolute atomic E-state index is 12.6. The van der Waals surface area contributed by atoms with Crippen LogP contribution in [0.2, 0.25) is 0 Å². The highest BCUT2D eigenvalue weighted by Gasteiger charge is 2.15. The molecule has 0 saturated carbocycles. The smallest absolute Gasteiger partial charge is 0.325 e. The normalized spacial score (nSPS) is 11.1. The molecule has 3 rings (SSSR count). The molecule has 1 amide bonds. The van der Waals surface area contributed by atoms with E-state index >= 15 is 0 Å². The van der Waals surface area contributed by atoms with Crippen molar-refractivity contribution in [2.24, 2.45) is 0 Å². The largest absolute Gasteiger partial charge is 0.480 e. The fourth-order valence-electron chi connectivity index (χ4n) is 3.11. The zero-order chi connectivity index (χ0) is 19.6. The van der Waals surface area contributed by atoms with Crippen molar-refractivity contribution in [3.8, 4) is 0 Å². The first-order valence-electron chi connectivity index (χ1n) is 8.55. The van der Waals surface area contributed by atoms with Crippen LogP contribution in [0.15, 0.2) is 30.5 Å². The Bertz CT molecular complexity index is 1000. The summed E-state index contributed by atoms with van der Waals surface area (Å²) in [6, 6.07) is 7.14. The summed E-state index contributed by atoms with van der Waals surface area (Å²) in [5.41, 5.74) is 3.85. The molecule has 0 fully saturated rings. The predicted octanol–water partition coefficient (Wildman–Crippen LogP) is 2.44. The lowest BCUT2D eigenvalue weighted by Gasteiger charge is -2.08. The van der Waals surface area contributed by atoms with E-state index in [9.17, 15) is 9.59 Å². The molecule has 0 radical (unpaired) electrons. The van der Waals surface area contributed by atoms with Crippen LogP contribution in [0, 0.1) is 13.8 Å². The number of methoxy groups -OCH3 is 1. The van der Waals surface area contributed by atoms with Crippen molar-refractivity contribution >= 4 is 28.6 Å². The van der Waals surface area contributed by atoms with Crippen LogP contribution in [0.3, 0.4) is 0 Å². The Labute approximate surface area is 156 Å². The highest BCUT2D eigenvalue weighted by molar-refractivity contribution is 6.06. The Morgan fingerprint density at radius 1 is 1.26 bits per heavy atom. The van der Waals surface area contributed by atoms with Gasteiger partial charge in [0.25, 0.3) is 5.91 Å². The minimum Gasteiger partial charge on any atom is -0.480 e. The van der Waals surface area contributed by atoms with Crippen LogP contribution in [0.1, 0.15) is 21.6 Å². The van der Waals surface area contributed by atoms with Gasteiger partial charge >= 0.3 is 5.97 Å². The van der Waals surface area contributed by atoms with Crippen LogP contribution >= 0.6 is 0 Å². The van der Waals surface area contributed by atoms with Crippen molar-refractivity contribution in [1.29, 1.82) is 0 Å². The molecule has 2 N–H and O–H groups in total. The van der Waals surface area contributed by atoms with Gasteiger partial charge in [-0.25, -0.2) is 0 Å².